The van der Waals surface area contributed by atoms with Gasteiger partial charge in [0.25, 0.3) is 0 Å². The Kier molecular flexibility index (Phi) is 12.4. The lowest BCUT2D eigenvalue weighted by Gasteiger charge is -2.25. The molecule has 1 saturated heterocycles. The summed E-state index contributed by atoms with van der Waals surface area (Å²) in [7, 11) is 0. The molecule has 1 amide bonds. The van der Waals surface area contributed by atoms with E-state index in [1.54, 1.807) is 13.0 Å². The summed E-state index contributed by atoms with van der Waals surface area (Å²) in [5.74, 6) is -0.453. The van der Waals surface area contributed by atoms with E-state index < -0.39 is 37.0 Å². The van der Waals surface area contributed by atoms with Crippen LogP contribution in [0.15, 0.2) is 36.4 Å². The molecule has 1 fully saturated rings. The van der Waals surface area contributed by atoms with Crippen LogP contribution < -0.4 is 4.90 Å². The quantitative estimate of drug-likeness (QED) is 0.175. The van der Waals surface area contributed by atoms with E-state index in [0.717, 1.165) is 67.5 Å². The van der Waals surface area contributed by atoms with Gasteiger partial charge in [0, 0.05) is 23.0 Å². The number of benzene rings is 1. The first-order valence-electron chi connectivity index (χ1n) is 14.1. The van der Waals surface area contributed by atoms with Gasteiger partial charge < -0.3 is 30.1 Å². The number of rotatable bonds is 16. The summed E-state index contributed by atoms with van der Waals surface area (Å²) in [6, 6.07) is 11.4. The predicted molar refractivity (Wildman–Crippen MR) is 152 cm³/mol. The monoisotopic (exact) mass is 561 g/mol. The average Bonchev–Trinajstić information content (AvgIpc) is 3.57. The highest BCUT2D eigenvalue weighted by atomic mass is 32.1. The Morgan fingerprint density at radius 2 is 1.77 bits per heavy atom. The number of anilines is 1. The van der Waals surface area contributed by atoms with Crippen LogP contribution in [-0.4, -0.2) is 63.3 Å². The summed E-state index contributed by atoms with van der Waals surface area (Å²) >= 11 is 1.33. The third kappa shape index (κ3) is 8.85. The maximum absolute atomic E-state index is 12.7. The predicted octanol–water partition coefficient (Wildman–Crippen LogP) is 4.53. The number of amides is 1. The molecule has 0 saturated carbocycles. The molecule has 1 aromatic carbocycles. The van der Waals surface area contributed by atoms with Crippen molar-refractivity contribution in [1.29, 1.82) is 0 Å². The van der Waals surface area contributed by atoms with Crippen LogP contribution >= 0.6 is 11.3 Å². The van der Waals surface area contributed by atoms with Crippen molar-refractivity contribution in [3.8, 4) is 0 Å². The number of esters is 1. The molecule has 0 bridgehead atoms. The van der Waals surface area contributed by atoms with Crippen molar-refractivity contribution < 1.29 is 34.8 Å². The second kappa shape index (κ2) is 15.5. The summed E-state index contributed by atoms with van der Waals surface area (Å²) in [6.07, 6.45) is 3.77. The van der Waals surface area contributed by atoms with Gasteiger partial charge in [-0.3, -0.25) is 4.79 Å². The number of hydrogen-bond acceptors (Lipinski definition) is 8. The minimum atomic E-state index is -1.37. The van der Waals surface area contributed by atoms with Gasteiger partial charge in [-0.1, -0.05) is 45.2 Å². The Morgan fingerprint density at radius 1 is 1.03 bits per heavy atom. The number of carbonyl (C=O) groups is 2. The Bertz CT molecular complexity index is 1040. The summed E-state index contributed by atoms with van der Waals surface area (Å²) in [6.45, 7) is 3.43. The first-order valence-corrected chi connectivity index (χ1v) is 15.0. The maximum Gasteiger partial charge on any atom is 0.348 e. The van der Waals surface area contributed by atoms with E-state index in [4.69, 9.17) is 4.74 Å². The zero-order valence-electron chi connectivity index (χ0n) is 23.0. The number of hydrogen-bond donors (Lipinski definition) is 4. The topological polar surface area (TPSA) is 128 Å². The second-order valence-corrected chi connectivity index (χ2v) is 11.5. The fourth-order valence-corrected chi connectivity index (χ4v) is 5.89. The van der Waals surface area contributed by atoms with E-state index in [9.17, 15) is 30.0 Å². The molecule has 0 aliphatic carbocycles. The van der Waals surface area contributed by atoms with Crippen LogP contribution in [0.1, 0.15) is 97.9 Å². The number of thiophene rings is 1. The highest BCUT2D eigenvalue weighted by Gasteiger charge is 2.32. The first kappa shape index (κ1) is 31.2. The van der Waals surface area contributed by atoms with Crippen LogP contribution in [0.3, 0.4) is 0 Å². The number of carbonyl (C=O) groups excluding carboxylic acids is 2. The molecule has 3 rings (SSSR count). The Morgan fingerprint density at radius 3 is 2.46 bits per heavy atom. The molecule has 0 unspecified atom stereocenters. The van der Waals surface area contributed by atoms with Gasteiger partial charge in [0.2, 0.25) is 5.91 Å². The Labute approximate surface area is 235 Å². The lowest BCUT2D eigenvalue weighted by atomic mass is 10.0. The Balaban J connectivity index is 1.48. The van der Waals surface area contributed by atoms with E-state index in [-0.39, 0.29) is 18.4 Å². The standard InChI is InChI=1S/C30H43NO7S/c1-3-5-6-10-25(33)20-11-13-22(14-12-20)31-21(15-18-28(31)35)8-7-9-23-16-17-27(39-23)30(37)38-19-26(34)29(36)24(32)4-2/h11-14,16-17,21,24-26,29,32-34,36H,3-10,15,18-19H2,1-2H3/t21-,24+,25-,26+,29+/m0/s1. The lowest BCUT2D eigenvalue weighted by molar-refractivity contribution is -0.117. The Hall–Kier alpha value is -2.30. The van der Waals surface area contributed by atoms with Crippen molar-refractivity contribution in [3.63, 3.8) is 0 Å². The van der Waals surface area contributed by atoms with Gasteiger partial charge in [-0.15, -0.1) is 11.3 Å². The van der Waals surface area contributed by atoms with Crippen molar-refractivity contribution in [1.82, 2.24) is 0 Å². The van der Waals surface area contributed by atoms with Crippen LogP contribution in [0.5, 0.6) is 0 Å². The largest absolute Gasteiger partial charge is 0.459 e. The van der Waals surface area contributed by atoms with Crippen molar-refractivity contribution in [2.45, 2.75) is 109 Å². The van der Waals surface area contributed by atoms with Crippen LogP contribution in [0.25, 0.3) is 0 Å². The van der Waals surface area contributed by atoms with Gasteiger partial charge in [-0.05, 0) is 68.4 Å². The third-order valence-electron chi connectivity index (χ3n) is 7.38. The number of aryl methyl sites for hydroxylation is 1. The van der Waals surface area contributed by atoms with Crippen molar-refractivity contribution in [3.05, 3.63) is 51.7 Å². The maximum atomic E-state index is 12.7. The van der Waals surface area contributed by atoms with Gasteiger partial charge in [-0.25, -0.2) is 4.79 Å². The molecule has 4 N–H and O–H groups in total. The number of unbranched alkanes of at least 4 members (excludes halogenated alkanes) is 2. The van der Waals surface area contributed by atoms with Crippen molar-refractivity contribution in [2.75, 3.05) is 11.5 Å². The molecular formula is C30H43NO7S. The minimum Gasteiger partial charge on any atom is -0.459 e. The summed E-state index contributed by atoms with van der Waals surface area (Å²) < 4.78 is 5.12. The molecule has 216 valence electrons. The molecule has 0 spiro atoms. The van der Waals surface area contributed by atoms with Gasteiger partial charge in [0.05, 0.1) is 12.2 Å². The average molecular weight is 562 g/mol. The number of aliphatic hydroxyl groups excluding tert-OH is 4. The van der Waals surface area contributed by atoms with Gasteiger partial charge >= 0.3 is 5.97 Å². The molecule has 2 aromatic rings. The third-order valence-corrected chi connectivity index (χ3v) is 8.50. The van der Waals surface area contributed by atoms with E-state index in [1.807, 2.05) is 35.2 Å². The van der Waals surface area contributed by atoms with Crippen molar-refractivity contribution >= 4 is 28.9 Å². The summed E-state index contributed by atoms with van der Waals surface area (Å²) in [4.78, 5) is 28.4. The highest BCUT2D eigenvalue weighted by molar-refractivity contribution is 7.13. The fraction of sp³-hybridized carbons (Fsp3) is 0.600. The van der Waals surface area contributed by atoms with E-state index in [1.165, 1.54) is 11.3 Å². The fourth-order valence-electron chi connectivity index (χ4n) is 4.95. The molecule has 1 aliphatic heterocycles. The summed E-state index contributed by atoms with van der Waals surface area (Å²) in [5, 5.41) is 39.8. The van der Waals surface area contributed by atoms with Crippen molar-refractivity contribution in [2.24, 2.45) is 0 Å². The zero-order valence-corrected chi connectivity index (χ0v) is 23.8. The minimum absolute atomic E-state index is 0.119. The molecule has 0 radical (unpaired) electrons. The second-order valence-electron chi connectivity index (χ2n) is 10.3. The van der Waals surface area contributed by atoms with E-state index >= 15 is 0 Å². The molecule has 2 heterocycles. The van der Waals surface area contributed by atoms with Gasteiger partial charge in [0.1, 0.15) is 23.7 Å². The molecule has 39 heavy (non-hydrogen) atoms. The van der Waals surface area contributed by atoms with Gasteiger partial charge in [0.15, 0.2) is 0 Å². The number of ether oxygens (including phenoxy) is 1. The highest BCUT2D eigenvalue weighted by Crippen LogP contribution is 2.31. The number of aliphatic hydroxyl groups is 4. The SMILES string of the molecule is CCCCC[C@H](O)c1ccc(N2C(=O)CC[C@@H]2CCCc2ccc(C(=O)OC[C@@H](O)[C@H](O)[C@H](O)CC)s2)cc1. The van der Waals surface area contributed by atoms with Crippen LogP contribution in [-0.2, 0) is 16.0 Å². The van der Waals surface area contributed by atoms with E-state index in [2.05, 4.69) is 6.92 Å². The first-order chi connectivity index (χ1) is 18.7. The molecule has 9 heteroatoms. The molecule has 8 nitrogen and oxygen atoms in total. The van der Waals surface area contributed by atoms with Crippen LogP contribution in [0.2, 0.25) is 0 Å². The molecular weight excluding hydrogens is 518 g/mol. The smallest absolute Gasteiger partial charge is 0.348 e. The molecule has 5 atom stereocenters. The molecule has 1 aliphatic rings. The van der Waals surface area contributed by atoms with Crippen LogP contribution in [0, 0.1) is 0 Å². The summed E-state index contributed by atoms with van der Waals surface area (Å²) in [5.41, 5.74) is 1.75. The number of nitrogens with zero attached hydrogens (tertiary/aromatic N) is 1. The molecule has 1 aromatic heterocycles. The normalized spacial score (nSPS) is 18.7. The lowest BCUT2D eigenvalue weighted by Crippen LogP contribution is -2.40. The van der Waals surface area contributed by atoms with E-state index in [0.29, 0.717) is 11.3 Å². The van der Waals surface area contributed by atoms with Crippen LogP contribution in [0.4, 0.5) is 5.69 Å². The zero-order chi connectivity index (χ0) is 28.4. The van der Waals surface area contributed by atoms with Gasteiger partial charge in [-0.2, -0.15) is 0 Å².